The number of carbonyl (C=O) groups excluding carboxylic acids is 1. The van der Waals surface area contributed by atoms with Crippen molar-refractivity contribution < 1.29 is 13.9 Å². The van der Waals surface area contributed by atoms with Crippen LogP contribution in [0.2, 0.25) is 0 Å². The summed E-state index contributed by atoms with van der Waals surface area (Å²) in [5.74, 6) is 0.747. The third-order valence-corrected chi connectivity index (χ3v) is 2.37. The van der Waals surface area contributed by atoms with E-state index in [9.17, 15) is 4.79 Å². The summed E-state index contributed by atoms with van der Waals surface area (Å²) in [6.07, 6.45) is 3.91. The van der Waals surface area contributed by atoms with Crippen LogP contribution in [0.3, 0.4) is 0 Å². The lowest BCUT2D eigenvalue weighted by molar-refractivity contribution is 0.103. The van der Waals surface area contributed by atoms with E-state index in [0.717, 1.165) is 12.2 Å². The predicted octanol–water partition coefficient (Wildman–Crippen LogP) is 3.30. The molecular weight excluding hydrogens is 216 g/mol. The molecule has 0 aliphatic heterocycles. The van der Waals surface area contributed by atoms with Crippen LogP contribution in [-0.2, 0) is 0 Å². The summed E-state index contributed by atoms with van der Waals surface area (Å²) in [5.41, 5.74) is 1.20. The summed E-state index contributed by atoms with van der Waals surface area (Å²) < 4.78 is 10.3. The molecule has 3 nitrogen and oxygen atoms in total. The Bertz CT molecular complexity index is 469. The van der Waals surface area contributed by atoms with Gasteiger partial charge in [0.15, 0.2) is 5.78 Å². The smallest absolute Gasteiger partial charge is 0.196 e. The molecule has 2 rings (SSSR count). The maximum Gasteiger partial charge on any atom is 0.196 e. The van der Waals surface area contributed by atoms with E-state index < -0.39 is 0 Å². The van der Waals surface area contributed by atoms with Gasteiger partial charge >= 0.3 is 0 Å². The Hall–Kier alpha value is -2.03. The third-order valence-electron chi connectivity index (χ3n) is 2.37. The fraction of sp³-hybridized carbons (Fsp3) is 0.214. The molecule has 3 heteroatoms. The van der Waals surface area contributed by atoms with E-state index in [1.807, 2.05) is 12.1 Å². The van der Waals surface area contributed by atoms with Crippen LogP contribution in [0.25, 0.3) is 0 Å². The Labute approximate surface area is 100 Å². The van der Waals surface area contributed by atoms with Gasteiger partial charge in [0.1, 0.15) is 12.0 Å². The van der Waals surface area contributed by atoms with Gasteiger partial charge in [-0.1, -0.05) is 6.92 Å². The van der Waals surface area contributed by atoms with Crippen molar-refractivity contribution >= 4 is 5.78 Å². The van der Waals surface area contributed by atoms with E-state index >= 15 is 0 Å². The Morgan fingerprint density at radius 3 is 2.53 bits per heavy atom. The van der Waals surface area contributed by atoms with Gasteiger partial charge in [0.2, 0.25) is 0 Å². The monoisotopic (exact) mass is 230 g/mol. The van der Waals surface area contributed by atoms with Crippen molar-refractivity contribution in [3.63, 3.8) is 0 Å². The average molecular weight is 230 g/mol. The summed E-state index contributed by atoms with van der Waals surface area (Å²) in [7, 11) is 0. The molecule has 0 aliphatic carbocycles. The highest BCUT2D eigenvalue weighted by atomic mass is 16.5. The maximum absolute atomic E-state index is 11.9. The highest BCUT2D eigenvalue weighted by Crippen LogP contribution is 2.15. The van der Waals surface area contributed by atoms with Crippen molar-refractivity contribution in [1.29, 1.82) is 0 Å². The Kier molecular flexibility index (Phi) is 3.60. The quantitative estimate of drug-likeness (QED) is 0.740. The molecule has 0 aliphatic rings. The molecule has 0 bridgehead atoms. The molecule has 1 heterocycles. The van der Waals surface area contributed by atoms with Gasteiger partial charge in [-0.25, -0.2) is 0 Å². The van der Waals surface area contributed by atoms with Crippen molar-refractivity contribution in [1.82, 2.24) is 0 Å². The SMILES string of the molecule is CCCOc1ccc(C(=O)c2ccoc2)cc1. The molecule has 0 radical (unpaired) electrons. The lowest BCUT2D eigenvalue weighted by atomic mass is 10.1. The van der Waals surface area contributed by atoms with Crippen LogP contribution in [0.1, 0.15) is 29.3 Å². The van der Waals surface area contributed by atoms with Crippen molar-refractivity contribution in [2.75, 3.05) is 6.61 Å². The van der Waals surface area contributed by atoms with Crippen LogP contribution in [0, 0.1) is 0 Å². The first-order valence-electron chi connectivity index (χ1n) is 5.61. The van der Waals surface area contributed by atoms with Crippen molar-refractivity contribution in [3.8, 4) is 5.75 Å². The topological polar surface area (TPSA) is 39.4 Å². The molecule has 0 saturated carbocycles. The summed E-state index contributed by atoms with van der Waals surface area (Å²) in [6, 6.07) is 8.80. The first-order chi connectivity index (χ1) is 8.31. The maximum atomic E-state index is 11.9. The largest absolute Gasteiger partial charge is 0.494 e. The molecule has 0 spiro atoms. The van der Waals surface area contributed by atoms with E-state index in [-0.39, 0.29) is 5.78 Å². The van der Waals surface area contributed by atoms with Gasteiger partial charge in [0.25, 0.3) is 0 Å². The number of hydrogen-bond donors (Lipinski definition) is 0. The van der Waals surface area contributed by atoms with Crippen molar-refractivity contribution in [3.05, 3.63) is 54.0 Å². The van der Waals surface area contributed by atoms with Gasteiger partial charge < -0.3 is 9.15 Å². The molecule has 1 aromatic heterocycles. The average Bonchev–Trinajstić information content (AvgIpc) is 2.90. The van der Waals surface area contributed by atoms with Crippen LogP contribution < -0.4 is 4.74 Å². The predicted molar refractivity (Wildman–Crippen MR) is 64.4 cm³/mol. The number of carbonyl (C=O) groups is 1. The summed E-state index contributed by atoms with van der Waals surface area (Å²) in [5, 5.41) is 0. The first kappa shape index (κ1) is 11.5. The number of ketones is 1. The van der Waals surface area contributed by atoms with Gasteiger partial charge in [-0.2, -0.15) is 0 Å². The molecule has 0 fully saturated rings. The van der Waals surface area contributed by atoms with Crippen molar-refractivity contribution in [2.45, 2.75) is 13.3 Å². The second-order valence-electron chi connectivity index (χ2n) is 3.71. The van der Waals surface area contributed by atoms with E-state index in [2.05, 4.69) is 6.92 Å². The number of hydrogen-bond acceptors (Lipinski definition) is 3. The fourth-order valence-corrected chi connectivity index (χ4v) is 1.48. The second-order valence-corrected chi connectivity index (χ2v) is 3.71. The Morgan fingerprint density at radius 2 is 1.94 bits per heavy atom. The summed E-state index contributed by atoms with van der Waals surface area (Å²) in [6.45, 7) is 2.74. The number of benzene rings is 1. The van der Waals surface area contributed by atoms with E-state index in [4.69, 9.17) is 9.15 Å². The first-order valence-corrected chi connectivity index (χ1v) is 5.61. The molecule has 0 N–H and O–H groups in total. The molecule has 2 aromatic rings. The zero-order valence-corrected chi connectivity index (χ0v) is 9.68. The van der Waals surface area contributed by atoms with Crippen LogP contribution >= 0.6 is 0 Å². The third kappa shape index (κ3) is 2.75. The minimum Gasteiger partial charge on any atom is -0.494 e. The van der Waals surface area contributed by atoms with Gasteiger partial charge in [0.05, 0.1) is 18.4 Å². The Morgan fingerprint density at radius 1 is 1.18 bits per heavy atom. The van der Waals surface area contributed by atoms with Gasteiger partial charge in [-0.15, -0.1) is 0 Å². The highest BCUT2D eigenvalue weighted by Gasteiger charge is 2.09. The second kappa shape index (κ2) is 5.34. The van der Waals surface area contributed by atoms with E-state index in [1.165, 1.54) is 12.5 Å². The highest BCUT2D eigenvalue weighted by molar-refractivity contribution is 6.08. The number of rotatable bonds is 5. The molecular formula is C14H14O3. The Balaban J connectivity index is 2.10. The molecule has 88 valence electrons. The lowest BCUT2D eigenvalue weighted by Gasteiger charge is -2.04. The van der Waals surface area contributed by atoms with Crippen LogP contribution in [-0.4, -0.2) is 12.4 Å². The lowest BCUT2D eigenvalue weighted by Crippen LogP contribution is -2.00. The van der Waals surface area contributed by atoms with Crippen LogP contribution in [0.4, 0.5) is 0 Å². The fourth-order valence-electron chi connectivity index (χ4n) is 1.48. The molecule has 0 amide bonds. The number of furan rings is 1. The van der Waals surface area contributed by atoms with Gasteiger partial charge in [-0.05, 0) is 36.8 Å². The minimum atomic E-state index is -0.0409. The molecule has 0 saturated heterocycles. The normalized spacial score (nSPS) is 10.2. The van der Waals surface area contributed by atoms with Gasteiger partial charge in [0, 0.05) is 5.56 Å². The van der Waals surface area contributed by atoms with Crippen LogP contribution in [0.5, 0.6) is 5.75 Å². The minimum absolute atomic E-state index is 0.0409. The molecule has 17 heavy (non-hydrogen) atoms. The molecule has 0 atom stereocenters. The summed E-state index contributed by atoms with van der Waals surface area (Å²) in [4.78, 5) is 11.9. The van der Waals surface area contributed by atoms with Gasteiger partial charge in [-0.3, -0.25) is 4.79 Å². The summed E-state index contributed by atoms with van der Waals surface area (Å²) >= 11 is 0. The molecule has 1 aromatic carbocycles. The zero-order valence-electron chi connectivity index (χ0n) is 9.68. The number of ether oxygens (including phenoxy) is 1. The molecule has 0 unspecified atom stereocenters. The van der Waals surface area contributed by atoms with E-state index in [1.54, 1.807) is 18.2 Å². The zero-order chi connectivity index (χ0) is 12.1. The standard InChI is InChI=1S/C14H14O3/c1-2-8-17-13-5-3-11(4-6-13)14(15)12-7-9-16-10-12/h3-7,9-10H,2,8H2,1H3. The van der Waals surface area contributed by atoms with Crippen LogP contribution in [0.15, 0.2) is 47.3 Å². The van der Waals surface area contributed by atoms with E-state index in [0.29, 0.717) is 17.7 Å². The van der Waals surface area contributed by atoms with Crippen molar-refractivity contribution in [2.24, 2.45) is 0 Å².